The van der Waals surface area contributed by atoms with Crippen molar-refractivity contribution in [1.29, 1.82) is 0 Å². The Hall–Kier alpha value is -0.850. The van der Waals surface area contributed by atoms with Crippen molar-refractivity contribution in [2.75, 3.05) is 31.4 Å². The zero-order valence-electron chi connectivity index (χ0n) is 9.54. The molecular formula is C11H16BrFN2O2. The molecule has 1 atom stereocenters. The van der Waals surface area contributed by atoms with Gasteiger partial charge in [-0.25, -0.2) is 4.39 Å². The number of aliphatic hydroxyl groups is 1. The van der Waals surface area contributed by atoms with Gasteiger partial charge < -0.3 is 20.9 Å². The van der Waals surface area contributed by atoms with Crippen molar-refractivity contribution in [3.8, 4) is 0 Å². The molecule has 96 valence electrons. The fourth-order valence-electron chi connectivity index (χ4n) is 1.38. The first kappa shape index (κ1) is 14.2. The Labute approximate surface area is 108 Å². The number of nitrogens with one attached hydrogen (secondary N) is 1. The molecule has 0 aliphatic carbocycles. The van der Waals surface area contributed by atoms with Gasteiger partial charge in [0.1, 0.15) is 5.82 Å². The molecule has 0 amide bonds. The number of nitrogen functional groups attached to an aromatic ring is 1. The van der Waals surface area contributed by atoms with Crippen LogP contribution in [0.1, 0.15) is 6.42 Å². The number of benzene rings is 1. The lowest BCUT2D eigenvalue weighted by Gasteiger charge is -2.18. The van der Waals surface area contributed by atoms with Crippen molar-refractivity contribution in [3.63, 3.8) is 0 Å². The Balaban J connectivity index is 2.75. The standard InChI is InChI=1S/C11H16BrFN2O2/c1-17-3-2-7(6-16)15-11-4-8(12)9(13)5-10(11)14/h4-5,7,15-16H,2-3,6,14H2,1H3. The molecule has 1 aromatic rings. The predicted molar refractivity (Wildman–Crippen MR) is 69.5 cm³/mol. The molecule has 1 unspecified atom stereocenters. The van der Waals surface area contributed by atoms with E-state index in [0.717, 1.165) is 0 Å². The quantitative estimate of drug-likeness (QED) is 0.703. The van der Waals surface area contributed by atoms with Gasteiger partial charge in [0.25, 0.3) is 0 Å². The highest BCUT2D eigenvalue weighted by Crippen LogP contribution is 2.27. The van der Waals surface area contributed by atoms with Gasteiger partial charge >= 0.3 is 0 Å². The molecule has 0 bridgehead atoms. The van der Waals surface area contributed by atoms with E-state index in [0.29, 0.717) is 28.9 Å². The van der Waals surface area contributed by atoms with Gasteiger partial charge in [-0.1, -0.05) is 0 Å². The molecule has 1 rings (SSSR count). The van der Waals surface area contributed by atoms with Crippen LogP contribution in [0.25, 0.3) is 0 Å². The number of rotatable bonds is 6. The van der Waals surface area contributed by atoms with Gasteiger partial charge in [0, 0.05) is 19.8 Å². The average Bonchev–Trinajstić information content (AvgIpc) is 2.30. The molecule has 4 N–H and O–H groups in total. The van der Waals surface area contributed by atoms with Gasteiger partial charge in [-0.05, 0) is 28.4 Å². The molecule has 4 nitrogen and oxygen atoms in total. The zero-order valence-corrected chi connectivity index (χ0v) is 11.1. The smallest absolute Gasteiger partial charge is 0.139 e. The maximum absolute atomic E-state index is 13.2. The zero-order chi connectivity index (χ0) is 12.8. The molecule has 17 heavy (non-hydrogen) atoms. The maximum atomic E-state index is 13.2. The number of nitrogens with two attached hydrogens (primary N) is 1. The van der Waals surface area contributed by atoms with E-state index in [1.54, 1.807) is 13.2 Å². The van der Waals surface area contributed by atoms with E-state index in [1.807, 2.05) is 0 Å². The third kappa shape index (κ3) is 4.14. The van der Waals surface area contributed by atoms with Gasteiger partial charge in [-0.2, -0.15) is 0 Å². The van der Waals surface area contributed by atoms with E-state index in [-0.39, 0.29) is 12.6 Å². The minimum atomic E-state index is -0.412. The molecule has 0 saturated heterocycles. The highest BCUT2D eigenvalue weighted by molar-refractivity contribution is 9.10. The molecule has 0 heterocycles. The maximum Gasteiger partial charge on any atom is 0.139 e. The van der Waals surface area contributed by atoms with Gasteiger partial charge in [0.2, 0.25) is 0 Å². The van der Waals surface area contributed by atoms with Crippen LogP contribution in [-0.4, -0.2) is 31.5 Å². The summed E-state index contributed by atoms with van der Waals surface area (Å²) < 4.78 is 18.4. The number of methoxy groups -OCH3 is 1. The number of hydrogen-bond donors (Lipinski definition) is 3. The molecule has 1 aromatic carbocycles. The Morgan fingerprint density at radius 2 is 2.29 bits per heavy atom. The van der Waals surface area contributed by atoms with Crippen LogP contribution in [0.4, 0.5) is 15.8 Å². The van der Waals surface area contributed by atoms with E-state index in [2.05, 4.69) is 21.2 Å². The third-order valence-electron chi connectivity index (χ3n) is 2.34. The monoisotopic (exact) mass is 306 g/mol. The number of ether oxygens (including phenoxy) is 1. The van der Waals surface area contributed by atoms with Crippen LogP contribution < -0.4 is 11.1 Å². The van der Waals surface area contributed by atoms with Crippen molar-refractivity contribution < 1.29 is 14.2 Å². The number of hydrogen-bond acceptors (Lipinski definition) is 4. The summed E-state index contributed by atoms with van der Waals surface area (Å²) in [6, 6.07) is 2.62. The lowest BCUT2D eigenvalue weighted by atomic mass is 10.2. The van der Waals surface area contributed by atoms with E-state index in [9.17, 15) is 9.50 Å². The number of aliphatic hydroxyl groups excluding tert-OH is 1. The highest BCUT2D eigenvalue weighted by atomic mass is 79.9. The van der Waals surface area contributed by atoms with Crippen LogP contribution in [0.2, 0.25) is 0 Å². The number of halogens is 2. The molecular weight excluding hydrogens is 291 g/mol. The molecule has 0 radical (unpaired) electrons. The fourth-order valence-corrected chi connectivity index (χ4v) is 1.72. The summed E-state index contributed by atoms with van der Waals surface area (Å²) in [5, 5.41) is 12.2. The van der Waals surface area contributed by atoms with Crippen molar-refractivity contribution in [1.82, 2.24) is 0 Å². The Kier molecular flexibility index (Phi) is 5.67. The Bertz CT molecular complexity index is 377. The van der Waals surface area contributed by atoms with E-state index in [1.165, 1.54) is 6.07 Å². The lowest BCUT2D eigenvalue weighted by Crippen LogP contribution is -2.25. The third-order valence-corrected chi connectivity index (χ3v) is 2.95. The summed E-state index contributed by atoms with van der Waals surface area (Å²) in [5.74, 6) is -0.412. The van der Waals surface area contributed by atoms with Crippen LogP contribution in [0, 0.1) is 5.82 Å². The normalized spacial score (nSPS) is 12.5. The largest absolute Gasteiger partial charge is 0.397 e. The first-order valence-electron chi connectivity index (χ1n) is 5.19. The molecule has 0 aliphatic rings. The molecule has 0 saturated carbocycles. The van der Waals surface area contributed by atoms with Crippen LogP contribution in [-0.2, 0) is 4.74 Å². The van der Waals surface area contributed by atoms with Gasteiger partial charge in [-0.3, -0.25) is 0 Å². The van der Waals surface area contributed by atoms with Gasteiger partial charge in [-0.15, -0.1) is 0 Å². The Morgan fingerprint density at radius 1 is 1.59 bits per heavy atom. The lowest BCUT2D eigenvalue weighted by molar-refractivity contribution is 0.174. The summed E-state index contributed by atoms with van der Waals surface area (Å²) in [4.78, 5) is 0. The fraction of sp³-hybridized carbons (Fsp3) is 0.455. The average molecular weight is 307 g/mol. The molecule has 6 heteroatoms. The summed E-state index contributed by atoms with van der Waals surface area (Å²) >= 11 is 3.09. The van der Waals surface area contributed by atoms with Crippen molar-refractivity contribution in [2.24, 2.45) is 0 Å². The molecule has 0 fully saturated rings. The van der Waals surface area contributed by atoms with Crippen LogP contribution in [0.15, 0.2) is 16.6 Å². The Morgan fingerprint density at radius 3 is 2.88 bits per heavy atom. The van der Waals surface area contributed by atoms with Gasteiger partial charge in [0.15, 0.2) is 0 Å². The summed E-state index contributed by atoms with van der Waals surface area (Å²) in [6.45, 7) is 0.484. The summed E-state index contributed by atoms with van der Waals surface area (Å²) in [5.41, 5.74) is 6.58. The SMILES string of the molecule is COCCC(CO)Nc1cc(Br)c(F)cc1N. The summed E-state index contributed by atoms with van der Waals surface area (Å²) in [6.07, 6.45) is 0.640. The highest BCUT2D eigenvalue weighted by Gasteiger charge is 2.11. The van der Waals surface area contributed by atoms with Crippen LogP contribution in [0.3, 0.4) is 0 Å². The first-order valence-corrected chi connectivity index (χ1v) is 5.98. The van der Waals surface area contributed by atoms with Crippen molar-refractivity contribution >= 4 is 27.3 Å². The van der Waals surface area contributed by atoms with E-state index in [4.69, 9.17) is 10.5 Å². The second-order valence-electron chi connectivity index (χ2n) is 3.66. The van der Waals surface area contributed by atoms with E-state index >= 15 is 0 Å². The molecule has 0 spiro atoms. The minimum absolute atomic E-state index is 0.0439. The van der Waals surface area contributed by atoms with Crippen LogP contribution in [0.5, 0.6) is 0 Å². The topological polar surface area (TPSA) is 67.5 Å². The van der Waals surface area contributed by atoms with Crippen molar-refractivity contribution in [2.45, 2.75) is 12.5 Å². The van der Waals surface area contributed by atoms with Gasteiger partial charge in [0.05, 0.1) is 28.5 Å². The minimum Gasteiger partial charge on any atom is -0.397 e. The van der Waals surface area contributed by atoms with Crippen LogP contribution >= 0.6 is 15.9 Å². The molecule has 0 aliphatic heterocycles. The summed E-state index contributed by atoms with van der Waals surface area (Å²) in [7, 11) is 1.59. The van der Waals surface area contributed by atoms with E-state index < -0.39 is 5.82 Å². The second-order valence-corrected chi connectivity index (χ2v) is 4.51. The predicted octanol–water partition coefficient (Wildman–Crippen LogP) is 1.98. The van der Waals surface area contributed by atoms with Crippen molar-refractivity contribution in [3.05, 3.63) is 22.4 Å². The second kappa shape index (κ2) is 6.78. The first-order chi connectivity index (χ1) is 8.08. The number of anilines is 2. The molecule has 0 aromatic heterocycles.